The maximum absolute atomic E-state index is 10.00. The van der Waals surface area contributed by atoms with Crippen molar-refractivity contribution in [3.05, 3.63) is 0 Å². The van der Waals surface area contributed by atoms with Gasteiger partial charge in [0, 0.05) is 0 Å². The molecule has 5 atom stereocenters. The first-order valence-corrected chi connectivity index (χ1v) is 3.92. The van der Waals surface area contributed by atoms with Crippen LogP contribution in [0.4, 0.5) is 0 Å². The highest BCUT2D eigenvalue weighted by molar-refractivity contribution is 5.56. The molecule has 0 rings (SSSR count). The van der Waals surface area contributed by atoms with E-state index in [9.17, 15) is 4.79 Å². The Kier molecular flexibility index (Phi) is 5.77. The number of aliphatic hydroxyl groups is 6. The fourth-order valence-corrected chi connectivity index (χ4v) is 0.820. The van der Waals surface area contributed by atoms with Crippen LogP contribution in [-0.4, -0.2) is 74.1 Å². The molecule has 6 N–H and O–H groups in total. The Labute approximate surface area is 79.9 Å². The summed E-state index contributed by atoms with van der Waals surface area (Å²) >= 11 is 0. The number of hydrogen-bond acceptors (Lipinski definition) is 7. The van der Waals surface area contributed by atoms with Gasteiger partial charge >= 0.3 is 0 Å². The number of carbonyl (C=O) groups excluding carboxylic acids is 1. The van der Waals surface area contributed by atoms with Gasteiger partial charge < -0.3 is 35.4 Å². The van der Waals surface area contributed by atoms with Crippen molar-refractivity contribution in [2.45, 2.75) is 30.5 Å². The van der Waals surface area contributed by atoms with E-state index >= 15 is 0 Å². The van der Waals surface area contributed by atoms with Gasteiger partial charge in [-0.05, 0) is 0 Å². The fourth-order valence-electron chi connectivity index (χ4n) is 0.820. The minimum Gasteiger partial charge on any atom is -0.394 e. The third kappa shape index (κ3) is 3.29. The smallest absolute Gasteiger partial charge is 0.151 e. The molecule has 7 heteroatoms. The van der Waals surface area contributed by atoms with Crippen LogP contribution in [0.1, 0.15) is 0 Å². The molecule has 0 saturated carbocycles. The molecule has 0 fully saturated rings. The Balaban J connectivity index is 4.29. The number of aldehydes is 1. The summed E-state index contributed by atoms with van der Waals surface area (Å²) in [5.41, 5.74) is 0. The van der Waals surface area contributed by atoms with Gasteiger partial charge in [0.05, 0.1) is 6.61 Å². The van der Waals surface area contributed by atoms with Crippen LogP contribution < -0.4 is 0 Å². The standard InChI is InChI=1S/C7H14O7/c8-1-3(10)5(12)7(14)6(13)4(11)2-9/h1,3-7,9-14H,2H2/t3-,4+,5+,6-,7+/m0/s1. The second-order valence-electron chi connectivity index (χ2n) is 2.85. The van der Waals surface area contributed by atoms with Crippen molar-refractivity contribution in [1.29, 1.82) is 0 Å². The van der Waals surface area contributed by atoms with Crippen molar-refractivity contribution in [2.24, 2.45) is 0 Å². The summed E-state index contributed by atoms with van der Waals surface area (Å²) < 4.78 is 0. The second-order valence-corrected chi connectivity index (χ2v) is 2.85. The molecular formula is C7H14O7. The average molecular weight is 210 g/mol. The minimum atomic E-state index is -1.92. The zero-order valence-electron chi connectivity index (χ0n) is 7.26. The normalized spacial score (nSPS) is 22.1. The monoisotopic (exact) mass is 210 g/mol. The summed E-state index contributed by atoms with van der Waals surface area (Å²) in [7, 11) is 0. The Hall–Kier alpha value is -0.570. The van der Waals surface area contributed by atoms with E-state index in [4.69, 9.17) is 30.6 Å². The van der Waals surface area contributed by atoms with E-state index in [1.807, 2.05) is 0 Å². The Morgan fingerprint density at radius 2 is 1.43 bits per heavy atom. The molecule has 0 bridgehead atoms. The zero-order valence-corrected chi connectivity index (χ0v) is 7.26. The molecule has 84 valence electrons. The van der Waals surface area contributed by atoms with Crippen molar-refractivity contribution in [3.8, 4) is 0 Å². The maximum atomic E-state index is 10.00. The molecule has 14 heavy (non-hydrogen) atoms. The van der Waals surface area contributed by atoms with Crippen molar-refractivity contribution in [3.63, 3.8) is 0 Å². The number of rotatable bonds is 6. The summed E-state index contributed by atoms with van der Waals surface area (Å²) in [4.78, 5) is 10.00. The van der Waals surface area contributed by atoms with Crippen LogP contribution in [-0.2, 0) is 4.79 Å². The molecule has 0 aliphatic rings. The van der Waals surface area contributed by atoms with Gasteiger partial charge in [-0.1, -0.05) is 0 Å². The molecule has 0 aromatic rings. The van der Waals surface area contributed by atoms with E-state index in [1.165, 1.54) is 0 Å². The highest BCUT2D eigenvalue weighted by atomic mass is 16.4. The van der Waals surface area contributed by atoms with Crippen LogP contribution in [0.5, 0.6) is 0 Å². The highest BCUT2D eigenvalue weighted by Gasteiger charge is 2.33. The molecule has 7 nitrogen and oxygen atoms in total. The van der Waals surface area contributed by atoms with Crippen LogP contribution in [0.25, 0.3) is 0 Å². The third-order valence-corrected chi connectivity index (χ3v) is 1.77. The van der Waals surface area contributed by atoms with E-state index in [0.717, 1.165) is 0 Å². The quantitative estimate of drug-likeness (QED) is 0.245. The molecule has 0 radical (unpaired) electrons. The molecule has 0 aliphatic carbocycles. The van der Waals surface area contributed by atoms with E-state index in [-0.39, 0.29) is 6.29 Å². The lowest BCUT2D eigenvalue weighted by Gasteiger charge is -2.26. The van der Waals surface area contributed by atoms with Crippen molar-refractivity contribution >= 4 is 6.29 Å². The molecule has 0 aliphatic heterocycles. The van der Waals surface area contributed by atoms with Crippen LogP contribution in [0, 0.1) is 0 Å². The van der Waals surface area contributed by atoms with Gasteiger partial charge in [0.15, 0.2) is 6.29 Å². The van der Waals surface area contributed by atoms with Gasteiger partial charge in [-0.25, -0.2) is 0 Å². The van der Waals surface area contributed by atoms with Crippen LogP contribution in [0.15, 0.2) is 0 Å². The average Bonchev–Trinajstić information content (AvgIpc) is 2.23. The van der Waals surface area contributed by atoms with E-state index < -0.39 is 37.1 Å². The Morgan fingerprint density at radius 3 is 1.79 bits per heavy atom. The number of carbonyl (C=O) groups is 1. The lowest BCUT2D eigenvalue weighted by Crippen LogP contribution is -2.50. The Bertz CT molecular complexity index is 173. The van der Waals surface area contributed by atoms with Crippen LogP contribution in [0.3, 0.4) is 0 Å². The predicted molar refractivity (Wildman–Crippen MR) is 43.2 cm³/mol. The fraction of sp³-hybridized carbons (Fsp3) is 0.857. The summed E-state index contributed by atoms with van der Waals surface area (Å²) in [6.45, 7) is -0.817. The minimum absolute atomic E-state index is 0.0219. The van der Waals surface area contributed by atoms with E-state index in [0.29, 0.717) is 0 Å². The molecule has 0 aromatic carbocycles. The largest absolute Gasteiger partial charge is 0.394 e. The van der Waals surface area contributed by atoms with E-state index in [1.54, 1.807) is 0 Å². The first-order chi connectivity index (χ1) is 6.45. The lowest BCUT2D eigenvalue weighted by atomic mass is 10.0. The summed E-state index contributed by atoms with van der Waals surface area (Å²) in [6.07, 6.45) is -9.21. The zero-order chi connectivity index (χ0) is 11.3. The van der Waals surface area contributed by atoms with Gasteiger partial charge in [0.25, 0.3) is 0 Å². The van der Waals surface area contributed by atoms with Gasteiger partial charge in [-0.2, -0.15) is 0 Å². The Morgan fingerprint density at radius 1 is 0.929 bits per heavy atom. The van der Waals surface area contributed by atoms with Crippen molar-refractivity contribution < 1.29 is 35.4 Å². The highest BCUT2D eigenvalue weighted by Crippen LogP contribution is 2.07. The summed E-state index contributed by atoms with van der Waals surface area (Å²) in [6, 6.07) is 0. The first kappa shape index (κ1) is 13.4. The van der Waals surface area contributed by atoms with Gasteiger partial charge in [-0.15, -0.1) is 0 Å². The molecule has 0 saturated heterocycles. The number of aliphatic hydroxyl groups excluding tert-OH is 6. The van der Waals surface area contributed by atoms with Gasteiger partial charge in [-0.3, -0.25) is 0 Å². The summed E-state index contributed by atoms with van der Waals surface area (Å²) in [5, 5.41) is 53.2. The summed E-state index contributed by atoms with van der Waals surface area (Å²) in [5.74, 6) is 0. The topological polar surface area (TPSA) is 138 Å². The van der Waals surface area contributed by atoms with E-state index in [2.05, 4.69) is 0 Å². The molecule has 0 unspecified atom stereocenters. The third-order valence-electron chi connectivity index (χ3n) is 1.77. The molecule has 0 aromatic heterocycles. The SMILES string of the molecule is O=C[C@H](O)[C@@H](O)[C@@H](O)[C@@H](O)[C@H](O)CO. The van der Waals surface area contributed by atoms with Crippen LogP contribution >= 0.6 is 0 Å². The molecule has 0 spiro atoms. The van der Waals surface area contributed by atoms with Crippen LogP contribution in [0.2, 0.25) is 0 Å². The lowest BCUT2D eigenvalue weighted by molar-refractivity contribution is -0.147. The molecule has 0 amide bonds. The first-order valence-electron chi connectivity index (χ1n) is 3.92. The second kappa shape index (κ2) is 6.02. The molecule has 0 heterocycles. The van der Waals surface area contributed by atoms with Crippen molar-refractivity contribution in [2.75, 3.05) is 6.61 Å². The van der Waals surface area contributed by atoms with Crippen molar-refractivity contribution in [1.82, 2.24) is 0 Å². The number of hydrogen-bond donors (Lipinski definition) is 6. The maximum Gasteiger partial charge on any atom is 0.151 e. The van der Waals surface area contributed by atoms with Gasteiger partial charge in [0.1, 0.15) is 30.5 Å². The predicted octanol–water partition coefficient (Wildman–Crippen LogP) is -4.02. The molecular weight excluding hydrogens is 196 g/mol. The van der Waals surface area contributed by atoms with Gasteiger partial charge in [0.2, 0.25) is 0 Å².